The Labute approximate surface area is 315 Å². The van der Waals surface area contributed by atoms with Crippen molar-refractivity contribution < 1.29 is 37.9 Å². The van der Waals surface area contributed by atoms with E-state index in [-0.39, 0.29) is 24.8 Å². The van der Waals surface area contributed by atoms with Crippen molar-refractivity contribution in [3.63, 3.8) is 0 Å². The number of ether oxygens (including phenoxy) is 8. The van der Waals surface area contributed by atoms with E-state index < -0.39 is 0 Å². The van der Waals surface area contributed by atoms with Gasteiger partial charge in [-0.2, -0.15) is 0 Å². The molecule has 6 rings (SSSR count). The fourth-order valence-electron chi connectivity index (χ4n) is 6.00. The molecule has 0 saturated carbocycles. The predicted octanol–water partition coefficient (Wildman–Crippen LogP) is 9.34. The van der Waals surface area contributed by atoms with Crippen molar-refractivity contribution in [2.24, 2.45) is 0 Å². The second kappa shape index (κ2) is 21.0. The van der Waals surface area contributed by atoms with Crippen LogP contribution >= 0.6 is 0 Å². The Hall–Kier alpha value is -4.08. The molecule has 2 aliphatic rings. The average molecular weight is 725 g/mol. The van der Waals surface area contributed by atoms with Crippen LogP contribution in [0.2, 0.25) is 0 Å². The van der Waals surface area contributed by atoms with Crippen LogP contribution in [-0.4, -0.2) is 64.4 Å². The Morgan fingerprint density at radius 2 is 0.755 bits per heavy atom. The third kappa shape index (κ3) is 15.1. The fraction of sp³-hybridized carbons (Fsp3) is 0.467. The number of benzene rings is 4. The van der Waals surface area contributed by atoms with Gasteiger partial charge in [-0.15, -0.1) is 0 Å². The van der Waals surface area contributed by atoms with Gasteiger partial charge in [0.1, 0.15) is 48.4 Å². The van der Waals surface area contributed by atoms with Crippen molar-refractivity contribution in [2.75, 3.05) is 39.6 Å². The SMILES string of the molecule is CC(OCCCCCCCCCOC(C)Oc1ccc(Cc2ccc(OCC3CO3)cc2)cc1)Oc1ccc(Cc2ccc(OCC3CO3)cc2)cc1. The molecule has 8 heteroatoms. The van der Waals surface area contributed by atoms with Crippen LogP contribution < -0.4 is 18.9 Å². The van der Waals surface area contributed by atoms with Gasteiger partial charge in [0.2, 0.25) is 0 Å². The number of unbranched alkanes of at least 4 members (excludes halogenated alkanes) is 6. The van der Waals surface area contributed by atoms with Crippen molar-refractivity contribution in [3.05, 3.63) is 119 Å². The van der Waals surface area contributed by atoms with Gasteiger partial charge in [-0.1, -0.05) is 80.6 Å². The van der Waals surface area contributed by atoms with Gasteiger partial charge < -0.3 is 37.9 Å². The van der Waals surface area contributed by atoms with Crippen LogP contribution in [0.4, 0.5) is 0 Å². The zero-order valence-corrected chi connectivity index (χ0v) is 31.4. The van der Waals surface area contributed by atoms with E-state index in [0.29, 0.717) is 26.4 Å². The molecule has 284 valence electrons. The van der Waals surface area contributed by atoms with Crippen LogP contribution in [0.3, 0.4) is 0 Å². The van der Waals surface area contributed by atoms with Gasteiger partial charge in [-0.25, -0.2) is 0 Å². The second-order valence-corrected chi connectivity index (χ2v) is 14.0. The lowest BCUT2D eigenvalue weighted by Gasteiger charge is -2.16. The number of rotatable bonds is 26. The fourth-order valence-corrected chi connectivity index (χ4v) is 6.00. The molecule has 0 aromatic heterocycles. The van der Waals surface area contributed by atoms with Crippen LogP contribution in [0.25, 0.3) is 0 Å². The molecular weight excluding hydrogens is 668 g/mol. The molecule has 0 aliphatic carbocycles. The Balaban J connectivity index is 0.731. The summed E-state index contributed by atoms with van der Waals surface area (Å²) in [4.78, 5) is 0. The summed E-state index contributed by atoms with van der Waals surface area (Å²) in [5, 5.41) is 0. The molecule has 2 aliphatic heterocycles. The molecule has 0 radical (unpaired) electrons. The molecule has 4 atom stereocenters. The highest BCUT2D eigenvalue weighted by atomic mass is 16.7. The Kier molecular flexibility index (Phi) is 15.3. The van der Waals surface area contributed by atoms with Crippen LogP contribution in [0, 0.1) is 0 Å². The van der Waals surface area contributed by atoms with E-state index in [4.69, 9.17) is 37.9 Å². The van der Waals surface area contributed by atoms with Crippen molar-refractivity contribution in [1.82, 2.24) is 0 Å². The Morgan fingerprint density at radius 1 is 0.453 bits per heavy atom. The quantitative estimate of drug-likeness (QED) is 0.0360. The molecule has 4 unspecified atom stereocenters. The largest absolute Gasteiger partial charge is 0.491 e. The predicted molar refractivity (Wildman–Crippen MR) is 206 cm³/mol. The van der Waals surface area contributed by atoms with Crippen molar-refractivity contribution in [1.29, 1.82) is 0 Å². The molecule has 4 aromatic rings. The van der Waals surface area contributed by atoms with E-state index in [2.05, 4.69) is 48.5 Å². The van der Waals surface area contributed by atoms with Crippen LogP contribution in [0.15, 0.2) is 97.1 Å². The summed E-state index contributed by atoms with van der Waals surface area (Å²) in [7, 11) is 0. The smallest absolute Gasteiger partial charge is 0.196 e. The third-order valence-corrected chi connectivity index (χ3v) is 9.28. The normalized spacial score (nSPS) is 17.2. The van der Waals surface area contributed by atoms with Gasteiger partial charge >= 0.3 is 0 Å². The summed E-state index contributed by atoms with van der Waals surface area (Å²) in [5.74, 6) is 3.42. The first-order chi connectivity index (χ1) is 26.0. The van der Waals surface area contributed by atoms with Crippen LogP contribution in [0.1, 0.15) is 81.0 Å². The van der Waals surface area contributed by atoms with Gasteiger partial charge in [0.25, 0.3) is 0 Å². The van der Waals surface area contributed by atoms with Crippen molar-refractivity contribution in [3.8, 4) is 23.0 Å². The molecule has 0 spiro atoms. The zero-order chi connectivity index (χ0) is 36.5. The lowest BCUT2D eigenvalue weighted by molar-refractivity contribution is -0.0677. The lowest BCUT2D eigenvalue weighted by Crippen LogP contribution is -2.17. The number of epoxide rings is 2. The zero-order valence-electron chi connectivity index (χ0n) is 31.4. The summed E-state index contributed by atoms with van der Waals surface area (Å²) >= 11 is 0. The van der Waals surface area contributed by atoms with Gasteiger partial charge in [-0.3, -0.25) is 0 Å². The molecule has 2 fully saturated rings. The summed E-state index contributed by atoms with van der Waals surface area (Å²) in [6, 6.07) is 33.1. The van der Waals surface area contributed by atoms with Crippen molar-refractivity contribution in [2.45, 2.75) is 96.4 Å². The average Bonchev–Trinajstić information content (AvgIpc) is 4.12. The van der Waals surface area contributed by atoms with E-state index in [1.165, 1.54) is 54.4 Å². The first-order valence-electron chi connectivity index (χ1n) is 19.5. The number of hydrogen-bond acceptors (Lipinski definition) is 8. The van der Waals surface area contributed by atoms with Gasteiger partial charge in [-0.05, 0) is 110 Å². The van der Waals surface area contributed by atoms with E-state index in [1.807, 2.05) is 62.4 Å². The van der Waals surface area contributed by atoms with Gasteiger partial charge in [0, 0.05) is 0 Å². The van der Waals surface area contributed by atoms with Gasteiger partial charge in [0.15, 0.2) is 12.6 Å². The first-order valence-corrected chi connectivity index (χ1v) is 19.5. The monoisotopic (exact) mass is 724 g/mol. The minimum Gasteiger partial charge on any atom is -0.491 e. The van der Waals surface area contributed by atoms with E-state index in [0.717, 1.165) is 61.9 Å². The highest BCUT2D eigenvalue weighted by Crippen LogP contribution is 2.22. The Bertz CT molecular complexity index is 1460. The molecule has 0 N–H and O–H groups in total. The van der Waals surface area contributed by atoms with E-state index in [1.54, 1.807) is 0 Å². The van der Waals surface area contributed by atoms with E-state index in [9.17, 15) is 0 Å². The molecule has 0 amide bonds. The van der Waals surface area contributed by atoms with Crippen LogP contribution in [-0.2, 0) is 31.8 Å². The van der Waals surface area contributed by atoms with Crippen molar-refractivity contribution >= 4 is 0 Å². The Morgan fingerprint density at radius 3 is 1.08 bits per heavy atom. The van der Waals surface area contributed by atoms with Gasteiger partial charge in [0.05, 0.1) is 26.4 Å². The molecule has 2 saturated heterocycles. The van der Waals surface area contributed by atoms with Crippen LogP contribution in [0.5, 0.6) is 23.0 Å². The standard InChI is InChI=1S/C45H56O8/c1-34(52-42-22-14-38(15-23-42)28-36-10-18-40(19-11-36)48-30-44-32-50-44)46-26-8-6-4-3-5-7-9-27-47-35(2)53-43-24-16-39(17-25-43)29-37-12-20-41(21-13-37)49-31-45-33-51-45/h10-25,34-35,44-45H,3-9,26-33H2,1-2H3. The minimum absolute atomic E-state index is 0.270. The summed E-state index contributed by atoms with van der Waals surface area (Å²) in [5.41, 5.74) is 4.96. The second-order valence-electron chi connectivity index (χ2n) is 14.0. The summed E-state index contributed by atoms with van der Waals surface area (Å²) in [6.07, 6.45) is 9.82. The molecule has 53 heavy (non-hydrogen) atoms. The maximum absolute atomic E-state index is 5.98. The summed E-state index contributed by atoms with van der Waals surface area (Å²) < 4.78 is 45.7. The molecule has 4 aromatic carbocycles. The first kappa shape index (κ1) is 38.6. The summed E-state index contributed by atoms with van der Waals surface area (Å²) in [6.45, 7) is 8.21. The molecule has 2 heterocycles. The topological polar surface area (TPSA) is 80.4 Å². The van der Waals surface area contributed by atoms with E-state index >= 15 is 0 Å². The maximum atomic E-state index is 5.98. The number of hydrogen-bond donors (Lipinski definition) is 0. The highest BCUT2D eigenvalue weighted by molar-refractivity contribution is 5.35. The maximum Gasteiger partial charge on any atom is 0.196 e. The molecule has 0 bridgehead atoms. The minimum atomic E-state index is -0.275. The molecular formula is C45H56O8. The third-order valence-electron chi connectivity index (χ3n) is 9.28. The molecule has 8 nitrogen and oxygen atoms in total. The lowest BCUT2D eigenvalue weighted by atomic mass is 10.0. The highest BCUT2D eigenvalue weighted by Gasteiger charge is 2.23.